The number of benzene rings is 1. The molecule has 0 atom stereocenters. The molecule has 0 radical (unpaired) electrons. The van der Waals surface area contributed by atoms with Crippen LogP contribution in [0.25, 0.3) is 0 Å². The van der Waals surface area contributed by atoms with Crippen LogP contribution in [0.15, 0.2) is 41.8 Å². The molecule has 1 spiro atoms. The summed E-state index contributed by atoms with van der Waals surface area (Å²) in [5.41, 5.74) is 0.103. The van der Waals surface area contributed by atoms with E-state index in [9.17, 15) is 4.79 Å². The summed E-state index contributed by atoms with van der Waals surface area (Å²) in [7, 11) is 0. The number of nitrogens with zero attached hydrogens (tertiary/aromatic N) is 1. The van der Waals surface area contributed by atoms with E-state index in [1.165, 1.54) is 4.88 Å². The van der Waals surface area contributed by atoms with Crippen LogP contribution >= 0.6 is 11.3 Å². The number of para-hydroxylation sites is 1. The molecule has 4 nitrogen and oxygen atoms in total. The van der Waals surface area contributed by atoms with Crippen molar-refractivity contribution in [1.29, 1.82) is 0 Å². The summed E-state index contributed by atoms with van der Waals surface area (Å²) in [6.07, 6.45) is 1.64. The normalized spacial score (nSPS) is 20.3. The number of fused-ring (bicyclic) bond motifs is 1. The first-order valence-electron chi connectivity index (χ1n) is 7.59. The van der Waals surface area contributed by atoms with Crippen molar-refractivity contribution in [3.05, 3.63) is 52.2 Å². The lowest BCUT2D eigenvalue weighted by molar-refractivity contribution is -0.0302. The van der Waals surface area contributed by atoms with E-state index >= 15 is 0 Å². The number of rotatable bonds is 2. The highest BCUT2D eigenvalue weighted by atomic mass is 32.1. The average Bonchev–Trinajstić information content (AvgIpc) is 3.03. The minimum absolute atomic E-state index is 0.0199. The first kappa shape index (κ1) is 13.8. The van der Waals surface area contributed by atoms with Crippen LogP contribution in [0.2, 0.25) is 0 Å². The minimum Gasteiger partial charge on any atom is -0.467 e. The molecule has 1 fully saturated rings. The third-order valence-corrected chi connectivity index (χ3v) is 5.26. The van der Waals surface area contributed by atoms with Gasteiger partial charge in [-0.2, -0.15) is 0 Å². The van der Waals surface area contributed by atoms with Crippen LogP contribution < -0.4 is 10.1 Å². The topological polar surface area (TPSA) is 41.6 Å². The number of nitrogens with one attached hydrogen (secondary N) is 1. The number of carbonyl (C=O) groups excluding carboxylic acids is 1. The highest BCUT2D eigenvalue weighted by Gasteiger charge is 2.42. The summed E-state index contributed by atoms with van der Waals surface area (Å²) in [5.74, 6) is 0.687. The molecular weight excluding hydrogens is 296 g/mol. The van der Waals surface area contributed by atoms with E-state index in [1.54, 1.807) is 11.3 Å². The second-order valence-corrected chi connectivity index (χ2v) is 6.93. The Hall–Kier alpha value is -1.85. The van der Waals surface area contributed by atoms with Gasteiger partial charge in [-0.15, -0.1) is 11.3 Å². The van der Waals surface area contributed by atoms with Gasteiger partial charge in [0.1, 0.15) is 5.75 Å². The van der Waals surface area contributed by atoms with Gasteiger partial charge < -0.3 is 10.1 Å². The molecule has 2 aliphatic rings. The van der Waals surface area contributed by atoms with Crippen LogP contribution in [0.3, 0.4) is 0 Å². The fourth-order valence-electron chi connectivity index (χ4n) is 3.18. The van der Waals surface area contributed by atoms with E-state index in [4.69, 9.17) is 4.74 Å². The van der Waals surface area contributed by atoms with Crippen LogP contribution in [0.1, 0.15) is 28.1 Å². The van der Waals surface area contributed by atoms with Crippen LogP contribution in [0.4, 0.5) is 0 Å². The maximum atomic E-state index is 12.3. The number of likely N-dealkylation sites (tertiary alicyclic amines) is 1. The summed E-state index contributed by atoms with van der Waals surface area (Å²) in [6, 6.07) is 11.7. The molecule has 2 aliphatic heterocycles. The first-order chi connectivity index (χ1) is 10.7. The van der Waals surface area contributed by atoms with Crippen LogP contribution in [0.5, 0.6) is 5.75 Å². The Bertz CT molecular complexity index is 676. The van der Waals surface area contributed by atoms with Crippen molar-refractivity contribution in [3.63, 3.8) is 0 Å². The van der Waals surface area contributed by atoms with Gasteiger partial charge in [-0.3, -0.25) is 9.69 Å². The van der Waals surface area contributed by atoms with E-state index < -0.39 is 5.72 Å². The molecule has 1 aromatic heterocycles. The molecule has 114 valence electrons. The molecule has 1 N–H and O–H groups in total. The van der Waals surface area contributed by atoms with Gasteiger partial charge in [-0.1, -0.05) is 18.2 Å². The molecule has 5 heteroatoms. The summed E-state index contributed by atoms with van der Waals surface area (Å²) < 4.78 is 6.16. The lowest BCUT2D eigenvalue weighted by Gasteiger charge is -2.44. The molecule has 4 rings (SSSR count). The quantitative estimate of drug-likeness (QED) is 0.927. The Kier molecular flexibility index (Phi) is 3.39. The predicted octanol–water partition coefficient (Wildman–Crippen LogP) is 2.86. The second-order valence-electron chi connectivity index (χ2n) is 5.90. The van der Waals surface area contributed by atoms with Crippen molar-refractivity contribution in [1.82, 2.24) is 10.2 Å². The van der Waals surface area contributed by atoms with E-state index in [2.05, 4.69) is 27.7 Å². The molecule has 1 aromatic carbocycles. The van der Waals surface area contributed by atoms with Crippen LogP contribution in [0, 0.1) is 0 Å². The van der Waals surface area contributed by atoms with Gasteiger partial charge in [0.05, 0.1) is 5.56 Å². The van der Waals surface area contributed by atoms with Crippen molar-refractivity contribution in [3.8, 4) is 5.75 Å². The van der Waals surface area contributed by atoms with Crippen molar-refractivity contribution >= 4 is 17.2 Å². The lowest BCUT2D eigenvalue weighted by Crippen LogP contribution is -2.60. The Morgan fingerprint density at radius 2 is 2.00 bits per heavy atom. The SMILES string of the molecule is O=C1NC2(CCN(Cc3cccs3)CC2)Oc2ccccc21. The largest absolute Gasteiger partial charge is 0.467 e. The number of piperidine rings is 1. The van der Waals surface area contributed by atoms with Gasteiger partial charge in [-0.05, 0) is 23.6 Å². The second kappa shape index (κ2) is 5.41. The Morgan fingerprint density at radius 3 is 2.77 bits per heavy atom. The number of amides is 1. The highest BCUT2D eigenvalue weighted by molar-refractivity contribution is 7.09. The van der Waals surface area contributed by atoms with E-state index in [-0.39, 0.29) is 5.91 Å². The smallest absolute Gasteiger partial charge is 0.258 e. The van der Waals surface area contributed by atoms with E-state index in [0.717, 1.165) is 32.5 Å². The van der Waals surface area contributed by atoms with Gasteiger partial charge in [0, 0.05) is 37.4 Å². The third kappa shape index (κ3) is 2.51. The zero-order valence-corrected chi connectivity index (χ0v) is 13.1. The van der Waals surface area contributed by atoms with E-state index in [1.807, 2.05) is 24.3 Å². The van der Waals surface area contributed by atoms with Crippen molar-refractivity contribution < 1.29 is 9.53 Å². The molecule has 22 heavy (non-hydrogen) atoms. The predicted molar refractivity (Wildman–Crippen MR) is 86.1 cm³/mol. The molecule has 0 aliphatic carbocycles. The zero-order chi connectivity index (χ0) is 15.0. The molecule has 1 amide bonds. The molecule has 0 saturated carbocycles. The minimum atomic E-state index is -0.530. The summed E-state index contributed by atoms with van der Waals surface area (Å²) >= 11 is 1.79. The number of thiophene rings is 1. The molecule has 1 saturated heterocycles. The van der Waals surface area contributed by atoms with E-state index in [0.29, 0.717) is 11.3 Å². The first-order valence-corrected chi connectivity index (χ1v) is 8.47. The van der Waals surface area contributed by atoms with Crippen molar-refractivity contribution in [2.75, 3.05) is 13.1 Å². The Labute approximate surface area is 133 Å². The van der Waals surface area contributed by atoms with Crippen LogP contribution in [-0.2, 0) is 6.54 Å². The number of hydrogen-bond acceptors (Lipinski definition) is 4. The Balaban J connectivity index is 1.46. The molecule has 3 heterocycles. The summed E-state index contributed by atoms with van der Waals surface area (Å²) in [6.45, 7) is 2.85. The number of carbonyl (C=O) groups is 1. The fraction of sp³-hybridized carbons (Fsp3) is 0.353. The Morgan fingerprint density at radius 1 is 1.18 bits per heavy atom. The number of hydrogen-bond donors (Lipinski definition) is 1. The van der Waals surface area contributed by atoms with Crippen molar-refractivity contribution in [2.24, 2.45) is 0 Å². The standard InChI is InChI=1S/C17H18N2O2S/c20-16-14-5-1-2-6-15(14)21-17(18-16)7-9-19(10-8-17)12-13-4-3-11-22-13/h1-6,11H,7-10,12H2,(H,18,20). The summed E-state index contributed by atoms with van der Waals surface area (Å²) in [5, 5.41) is 5.20. The molecule has 0 bridgehead atoms. The third-order valence-electron chi connectivity index (χ3n) is 4.40. The van der Waals surface area contributed by atoms with Gasteiger partial charge in [-0.25, -0.2) is 0 Å². The lowest BCUT2D eigenvalue weighted by atomic mass is 9.97. The van der Waals surface area contributed by atoms with Crippen molar-refractivity contribution in [2.45, 2.75) is 25.1 Å². The van der Waals surface area contributed by atoms with Crippen LogP contribution in [-0.4, -0.2) is 29.6 Å². The van der Waals surface area contributed by atoms with Gasteiger partial charge in [0.15, 0.2) is 5.72 Å². The fourth-order valence-corrected chi connectivity index (χ4v) is 3.92. The maximum absolute atomic E-state index is 12.3. The zero-order valence-electron chi connectivity index (χ0n) is 12.2. The van der Waals surface area contributed by atoms with Gasteiger partial charge in [0.25, 0.3) is 5.91 Å². The molecule has 0 unspecified atom stereocenters. The number of ether oxygens (including phenoxy) is 1. The molecular formula is C17H18N2O2S. The average molecular weight is 314 g/mol. The monoisotopic (exact) mass is 314 g/mol. The maximum Gasteiger partial charge on any atom is 0.258 e. The highest BCUT2D eigenvalue weighted by Crippen LogP contribution is 2.33. The van der Waals surface area contributed by atoms with Gasteiger partial charge in [0.2, 0.25) is 0 Å². The molecule has 2 aromatic rings. The summed E-state index contributed by atoms with van der Waals surface area (Å²) in [4.78, 5) is 16.1. The van der Waals surface area contributed by atoms with Gasteiger partial charge >= 0.3 is 0 Å².